The molecule has 2 aromatic rings. The van der Waals surface area contributed by atoms with Crippen LogP contribution in [0.5, 0.6) is 23.0 Å². The number of aliphatic hydroxyl groups is 3. The third-order valence-corrected chi connectivity index (χ3v) is 7.52. The summed E-state index contributed by atoms with van der Waals surface area (Å²) in [4.78, 5) is 27.9. The quantitative estimate of drug-likeness (QED) is 0.239. The van der Waals surface area contributed by atoms with Crippen molar-refractivity contribution >= 4 is 34.4 Å². The van der Waals surface area contributed by atoms with Gasteiger partial charge in [0, 0.05) is 32.2 Å². The number of carbonyl (C=O) groups is 2. The molecule has 4 rings (SSSR count). The van der Waals surface area contributed by atoms with E-state index in [9.17, 15) is 24.9 Å². The number of amides is 2. The fraction of sp³-hybridized carbons (Fsp3) is 0.429. The van der Waals surface area contributed by atoms with Gasteiger partial charge in [-0.2, -0.15) is 0 Å². The van der Waals surface area contributed by atoms with Crippen LogP contribution in [0.25, 0.3) is 0 Å². The Bertz CT molecular complexity index is 1290. The van der Waals surface area contributed by atoms with Gasteiger partial charge in [0.2, 0.25) is 18.6 Å². The molecular weight excluding hydrogens is 651 g/mol. The zero-order valence-electron chi connectivity index (χ0n) is 22.7. The van der Waals surface area contributed by atoms with E-state index in [1.165, 1.54) is 25.2 Å². The van der Waals surface area contributed by atoms with Crippen molar-refractivity contribution in [3.63, 3.8) is 0 Å². The number of ether oxygens (including phenoxy) is 5. The van der Waals surface area contributed by atoms with Crippen LogP contribution in [0.1, 0.15) is 17.5 Å². The number of aliphatic hydroxyl groups excluding tert-OH is 3. The number of benzene rings is 2. The van der Waals surface area contributed by atoms with E-state index in [0.717, 1.165) is 5.56 Å². The molecule has 0 spiro atoms. The molecule has 2 amide bonds. The SMILES string of the molecule is COCC(=O)N(Cc1ccc2c(c1)OCO2)[C@@H]1CC(C(=O)NCCO)=C[C@H](Oc2c(I)cc(CO)cc2OC)[C@H]1O. The minimum Gasteiger partial charge on any atom is -0.493 e. The first-order valence-corrected chi connectivity index (χ1v) is 14.0. The smallest absolute Gasteiger partial charge is 0.249 e. The lowest BCUT2D eigenvalue weighted by Crippen LogP contribution is -2.55. The number of nitrogens with zero attached hydrogens (tertiary/aromatic N) is 1. The van der Waals surface area contributed by atoms with Gasteiger partial charge in [-0.25, -0.2) is 0 Å². The second kappa shape index (κ2) is 14.2. The van der Waals surface area contributed by atoms with E-state index in [0.29, 0.717) is 32.1 Å². The highest BCUT2D eigenvalue weighted by molar-refractivity contribution is 14.1. The zero-order valence-corrected chi connectivity index (χ0v) is 24.8. The van der Waals surface area contributed by atoms with Crippen molar-refractivity contribution in [1.29, 1.82) is 0 Å². The van der Waals surface area contributed by atoms with Crippen molar-refractivity contribution < 1.29 is 48.6 Å². The van der Waals surface area contributed by atoms with Crippen molar-refractivity contribution in [3.05, 3.63) is 56.7 Å². The maximum Gasteiger partial charge on any atom is 0.249 e. The van der Waals surface area contributed by atoms with Gasteiger partial charge in [0.25, 0.3) is 0 Å². The van der Waals surface area contributed by atoms with E-state index in [1.807, 2.05) is 22.6 Å². The van der Waals surface area contributed by atoms with Gasteiger partial charge in [0.15, 0.2) is 23.0 Å². The van der Waals surface area contributed by atoms with Crippen molar-refractivity contribution in [3.8, 4) is 23.0 Å². The molecule has 1 aliphatic carbocycles. The van der Waals surface area contributed by atoms with Crippen LogP contribution in [0.3, 0.4) is 0 Å². The van der Waals surface area contributed by atoms with Gasteiger partial charge in [-0.3, -0.25) is 9.59 Å². The molecule has 0 saturated carbocycles. The van der Waals surface area contributed by atoms with Gasteiger partial charge < -0.3 is 49.2 Å². The topological polar surface area (TPSA) is 156 Å². The second-order valence-corrected chi connectivity index (χ2v) is 10.6. The van der Waals surface area contributed by atoms with Crippen LogP contribution in [0.15, 0.2) is 42.0 Å². The first kappa shape index (κ1) is 30.8. The van der Waals surface area contributed by atoms with Gasteiger partial charge in [-0.05, 0) is 64.1 Å². The van der Waals surface area contributed by atoms with E-state index < -0.39 is 30.1 Å². The van der Waals surface area contributed by atoms with Crippen LogP contribution < -0.4 is 24.3 Å². The Morgan fingerprint density at radius 3 is 2.61 bits per heavy atom. The summed E-state index contributed by atoms with van der Waals surface area (Å²) >= 11 is 2.04. The van der Waals surface area contributed by atoms with E-state index in [-0.39, 0.29) is 51.7 Å². The van der Waals surface area contributed by atoms with Crippen LogP contribution in [-0.2, 0) is 27.5 Å². The number of methoxy groups -OCH3 is 2. The summed E-state index contributed by atoms with van der Waals surface area (Å²) in [6, 6.07) is 7.77. The Morgan fingerprint density at radius 2 is 1.90 bits per heavy atom. The fourth-order valence-electron chi connectivity index (χ4n) is 4.73. The molecule has 1 heterocycles. The second-order valence-electron chi connectivity index (χ2n) is 9.43. The molecule has 0 aromatic heterocycles. The Balaban J connectivity index is 1.70. The summed E-state index contributed by atoms with van der Waals surface area (Å²) in [6.45, 7) is -0.475. The molecule has 222 valence electrons. The van der Waals surface area contributed by atoms with E-state index in [2.05, 4.69) is 5.32 Å². The maximum absolute atomic E-state index is 13.4. The molecule has 2 aliphatic rings. The summed E-state index contributed by atoms with van der Waals surface area (Å²) in [5.74, 6) is 0.934. The first-order chi connectivity index (χ1) is 19.8. The molecular formula is C28H33IN2O10. The molecule has 1 aliphatic heterocycles. The summed E-state index contributed by atoms with van der Waals surface area (Å²) in [6.07, 6.45) is -0.767. The minimum absolute atomic E-state index is 0.0238. The number of carbonyl (C=O) groups excluding carboxylic acids is 2. The monoisotopic (exact) mass is 684 g/mol. The predicted molar refractivity (Wildman–Crippen MR) is 154 cm³/mol. The predicted octanol–water partition coefficient (Wildman–Crippen LogP) is 1.11. The zero-order chi connectivity index (χ0) is 29.5. The number of rotatable bonds is 12. The lowest BCUT2D eigenvalue weighted by atomic mass is 9.87. The summed E-state index contributed by atoms with van der Waals surface area (Å²) in [5.41, 5.74) is 1.61. The first-order valence-electron chi connectivity index (χ1n) is 12.9. The van der Waals surface area contributed by atoms with E-state index >= 15 is 0 Å². The average molecular weight is 684 g/mol. The number of hydrogen-bond acceptors (Lipinski definition) is 10. The van der Waals surface area contributed by atoms with E-state index in [4.69, 9.17) is 23.7 Å². The standard InChI is InChI=1S/C28H33IN2O10/c1-37-14-25(34)31(12-16-3-4-21-22(8-16)40-15-39-21)20-10-18(28(36)30-5-6-32)11-23(26(20)35)41-27-19(29)7-17(13-33)9-24(27)38-2/h3-4,7-9,11,20,23,26,32-33,35H,5-6,10,12-15H2,1-2H3,(H,30,36)/t20-,23+,26+/m1/s1. The summed E-state index contributed by atoms with van der Waals surface area (Å²) in [7, 11) is 2.86. The Morgan fingerprint density at radius 1 is 1.12 bits per heavy atom. The van der Waals surface area contributed by atoms with Gasteiger partial charge >= 0.3 is 0 Å². The lowest BCUT2D eigenvalue weighted by Gasteiger charge is -2.40. The molecule has 3 atom stereocenters. The Kier molecular flexibility index (Phi) is 10.7. The molecule has 0 radical (unpaired) electrons. The third-order valence-electron chi connectivity index (χ3n) is 6.72. The van der Waals surface area contributed by atoms with Gasteiger partial charge in [0.1, 0.15) is 18.8 Å². The Hall–Kier alpha value is -3.11. The number of fused-ring (bicyclic) bond motifs is 1. The van der Waals surface area contributed by atoms with Gasteiger partial charge in [0.05, 0.1) is 29.9 Å². The van der Waals surface area contributed by atoms with Crippen LogP contribution in [0.4, 0.5) is 0 Å². The molecule has 4 N–H and O–H groups in total. The Labute approximate surface area is 250 Å². The van der Waals surface area contributed by atoms with Crippen LogP contribution in [0, 0.1) is 3.57 Å². The highest BCUT2D eigenvalue weighted by atomic mass is 127. The minimum atomic E-state index is -1.25. The molecule has 0 bridgehead atoms. The number of halogens is 1. The molecule has 41 heavy (non-hydrogen) atoms. The van der Waals surface area contributed by atoms with E-state index in [1.54, 1.807) is 30.3 Å². The van der Waals surface area contributed by atoms with Crippen LogP contribution >= 0.6 is 22.6 Å². The summed E-state index contributed by atoms with van der Waals surface area (Å²) in [5, 5.41) is 33.1. The average Bonchev–Trinajstić information content (AvgIpc) is 3.44. The molecule has 0 unspecified atom stereocenters. The van der Waals surface area contributed by atoms with Crippen LogP contribution in [0.2, 0.25) is 0 Å². The normalized spacial score (nSPS) is 19.4. The number of nitrogens with one attached hydrogen (secondary N) is 1. The lowest BCUT2D eigenvalue weighted by molar-refractivity contribution is -0.143. The van der Waals surface area contributed by atoms with Crippen LogP contribution in [-0.4, -0.2) is 91.1 Å². The molecule has 12 nitrogen and oxygen atoms in total. The third kappa shape index (κ3) is 7.22. The number of hydrogen-bond donors (Lipinski definition) is 4. The van der Waals surface area contributed by atoms with Gasteiger partial charge in [-0.1, -0.05) is 6.07 Å². The highest BCUT2D eigenvalue weighted by Gasteiger charge is 2.41. The summed E-state index contributed by atoms with van der Waals surface area (Å²) < 4.78 is 28.4. The van der Waals surface area contributed by atoms with Crippen molar-refractivity contribution in [2.24, 2.45) is 0 Å². The molecule has 13 heteroatoms. The largest absolute Gasteiger partial charge is 0.493 e. The maximum atomic E-state index is 13.4. The highest BCUT2D eigenvalue weighted by Crippen LogP contribution is 2.38. The molecule has 0 fully saturated rings. The van der Waals surface area contributed by atoms with Crippen molar-refractivity contribution in [1.82, 2.24) is 10.2 Å². The fourth-order valence-corrected chi connectivity index (χ4v) is 5.52. The van der Waals surface area contributed by atoms with Crippen molar-refractivity contribution in [2.75, 3.05) is 40.8 Å². The van der Waals surface area contributed by atoms with Gasteiger partial charge in [-0.15, -0.1) is 0 Å². The molecule has 2 aromatic carbocycles. The van der Waals surface area contributed by atoms with Crippen molar-refractivity contribution in [2.45, 2.75) is 37.8 Å². The molecule has 0 saturated heterocycles.